The molecule has 1 unspecified atom stereocenters. The van der Waals surface area contributed by atoms with Crippen LogP contribution in [-0.2, 0) is 10.0 Å². The van der Waals surface area contributed by atoms with E-state index in [0.29, 0.717) is 0 Å². The van der Waals surface area contributed by atoms with Crippen LogP contribution in [0.1, 0.15) is 28.9 Å². The number of nitrogens with zero attached hydrogens (tertiary/aromatic N) is 2. The summed E-state index contributed by atoms with van der Waals surface area (Å²) in [4.78, 5) is 16.3. The first-order chi connectivity index (χ1) is 11.2. The zero-order valence-corrected chi connectivity index (χ0v) is 15.1. The largest absolute Gasteiger partial charge is 0.345 e. The average molecular weight is 368 g/mol. The molecule has 0 saturated heterocycles. The van der Waals surface area contributed by atoms with Crippen LogP contribution in [0, 0.1) is 0 Å². The lowest BCUT2D eigenvalue weighted by molar-refractivity contribution is 0.0939. The van der Waals surface area contributed by atoms with Gasteiger partial charge in [0.1, 0.15) is 4.90 Å². The molecule has 0 radical (unpaired) electrons. The van der Waals surface area contributed by atoms with Gasteiger partial charge in [-0.25, -0.2) is 12.7 Å². The lowest BCUT2D eigenvalue weighted by atomic mass is 10.1. The molecular weight excluding hydrogens is 350 g/mol. The number of pyridine rings is 1. The molecule has 0 bridgehead atoms. The molecule has 1 amide bonds. The highest BCUT2D eigenvalue weighted by molar-refractivity contribution is 7.89. The number of sulfonamides is 1. The van der Waals surface area contributed by atoms with Crippen LogP contribution in [0.4, 0.5) is 0 Å². The Hall–Kier alpha value is -1.96. The number of aromatic nitrogens is 1. The molecule has 128 valence electrons. The average Bonchev–Trinajstić information content (AvgIpc) is 2.55. The number of rotatable bonds is 5. The maximum Gasteiger partial charge on any atom is 0.251 e. The van der Waals surface area contributed by atoms with Crippen molar-refractivity contribution in [1.82, 2.24) is 14.6 Å². The lowest BCUT2D eigenvalue weighted by Gasteiger charge is -2.16. The Kier molecular flexibility index (Phi) is 5.58. The highest BCUT2D eigenvalue weighted by Crippen LogP contribution is 2.25. The maximum absolute atomic E-state index is 12.4. The summed E-state index contributed by atoms with van der Waals surface area (Å²) < 4.78 is 25.6. The summed E-state index contributed by atoms with van der Waals surface area (Å²) in [6, 6.07) is 7.53. The molecule has 0 spiro atoms. The molecule has 0 aliphatic heterocycles. The van der Waals surface area contributed by atoms with Crippen molar-refractivity contribution in [1.29, 1.82) is 0 Å². The Morgan fingerprint density at radius 1 is 1.29 bits per heavy atom. The van der Waals surface area contributed by atoms with E-state index in [2.05, 4.69) is 10.3 Å². The molecular formula is C16H18ClN3O3S. The summed E-state index contributed by atoms with van der Waals surface area (Å²) in [7, 11) is -0.922. The molecule has 1 N–H and O–H groups in total. The quantitative estimate of drug-likeness (QED) is 0.880. The van der Waals surface area contributed by atoms with Gasteiger partial charge in [-0.15, -0.1) is 0 Å². The Balaban J connectivity index is 2.28. The SMILES string of the molecule is CC(NC(=O)c1ccc(Cl)c(S(=O)(=O)N(C)C)c1)c1cccnc1. The van der Waals surface area contributed by atoms with Gasteiger partial charge in [-0.2, -0.15) is 0 Å². The van der Waals surface area contributed by atoms with E-state index in [4.69, 9.17) is 11.6 Å². The van der Waals surface area contributed by atoms with Crippen LogP contribution in [0.15, 0.2) is 47.6 Å². The van der Waals surface area contributed by atoms with Crippen molar-refractivity contribution in [2.45, 2.75) is 17.9 Å². The smallest absolute Gasteiger partial charge is 0.251 e. The van der Waals surface area contributed by atoms with E-state index in [1.54, 1.807) is 18.5 Å². The predicted molar refractivity (Wildman–Crippen MR) is 92.4 cm³/mol. The second kappa shape index (κ2) is 7.29. The molecule has 0 aliphatic rings. The van der Waals surface area contributed by atoms with E-state index in [1.807, 2.05) is 13.0 Å². The zero-order valence-electron chi connectivity index (χ0n) is 13.5. The molecule has 1 aromatic heterocycles. The van der Waals surface area contributed by atoms with E-state index in [1.165, 1.54) is 32.3 Å². The normalized spacial score (nSPS) is 12.9. The lowest BCUT2D eigenvalue weighted by Crippen LogP contribution is -2.27. The summed E-state index contributed by atoms with van der Waals surface area (Å²) in [6.45, 7) is 1.82. The Bertz CT molecular complexity index is 839. The molecule has 0 fully saturated rings. The third-order valence-electron chi connectivity index (χ3n) is 3.48. The minimum atomic E-state index is -3.73. The molecule has 2 aromatic rings. The molecule has 6 nitrogen and oxygen atoms in total. The second-order valence-electron chi connectivity index (χ2n) is 5.41. The fraction of sp³-hybridized carbons (Fsp3) is 0.250. The van der Waals surface area contributed by atoms with Crippen molar-refractivity contribution in [2.24, 2.45) is 0 Å². The number of hydrogen-bond donors (Lipinski definition) is 1. The van der Waals surface area contributed by atoms with E-state index in [0.717, 1.165) is 9.87 Å². The van der Waals surface area contributed by atoms with Gasteiger partial charge in [0.05, 0.1) is 11.1 Å². The Labute approximate surface area is 146 Å². The van der Waals surface area contributed by atoms with Crippen molar-refractivity contribution in [2.75, 3.05) is 14.1 Å². The number of carbonyl (C=O) groups excluding carboxylic acids is 1. The molecule has 1 heterocycles. The first-order valence-corrected chi connectivity index (χ1v) is 8.98. The minimum Gasteiger partial charge on any atom is -0.345 e. The van der Waals surface area contributed by atoms with Crippen LogP contribution < -0.4 is 5.32 Å². The number of nitrogens with one attached hydrogen (secondary N) is 1. The van der Waals surface area contributed by atoms with E-state index < -0.39 is 15.9 Å². The van der Waals surface area contributed by atoms with Crippen molar-refractivity contribution in [3.8, 4) is 0 Å². The van der Waals surface area contributed by atoms with Crippen LogP contribution in [0.3, 0.4) is 0 Å². The van der Waals surface area contributed by atoms with Gasteiger partial charge in [-0.1, -0.05) is 17.7 Å². The second-order valence-corrected chi connectivity index (χ2v) is 7.94. The predicted octanol–water partition coefficient (Wildman–Crippen LogP) is 2.48. The van der Waals surface area contributed by atoms with E-state index in [9.17, 15) is 13.2 Å². The fourth-order valence-corrected chi connectivity index (χ4v) is 3.43. The standard InChI is InChI=1S/C16H18ClN3O3S/c1-11(13-5-4-8-18-10-13)19-16(21)12-6-7-14(17)15(9-12)24(22,23)20(2)3/h4-11H,1-3H3,(H,19,21). The van der Waals surface area contributed by atoms with Gasteiger partial charge in [0.25, 0.3) is 5.91 Å². The van der Waals surface area contributed by atoms with Crippen LogP contribution >= 0.6 is 11.6 Å². The van der Waals surface area contributed by atoms with Crippen molar-refractivity contribution in [3.05, 3.63) is 58.9 Å². The van der Waals surface area contributed by atoms with Gasteiger partial charge < -0.3 is 5.32 Å². The van der Waals surface area contributed by atoms with E-state index in [-0.39, 0.29) is 21.5 Å². The van der Waals surface area contributed by atoms with Crippen molar-refractivity contribution >= 4 is 27.5 Å². The van der Waals surface area contributed by atoms with Crippen LogP contribution in [0.5, 0.6) is 0 Å². The van der Waals surface area contributed by atoms with Crippen LogP contribution in [-0.4, -0.2) is 37.7 Å². The van der Waals surface area contributed by atoms with Crippen LogP contribution in [0.2, 0.25) is 5.02 Å². The summed E-state index contributed by atoms with van der Waals surface area (Å²) in [5.41, 5.74) is 1.07. The van der Waals surface area contributed by atoms with Gasteiger partial charge in [-0.3, -0.25) is 9.78 Å². The Morgan fingerprint density at radius 2 is 2.00 bits per heavy atom. The van der Waals surface area contributed by atoms with Gasteiger partial charge in [0, 0.05) is 32.1 Å². The summed E-state index contributed by atoms with van der Waals surface area (Å²) in [6.07, 6.45) is 3.31. The molecule has 0 aliphatic carbocycles. The third-order valence-corrected chi connectivity index (χ3v) is 5.78. The van der Waals surface area contributed by atoms with Crippen LogP contribution in [0.25, 0.3) is 0 Å². The first-order valence-electron chi connectivity index (χ1n) is 7.16. The molecule has 1 aromatic carbocycles. The topological polar surface area (TPSA) is 79.4 Å². The third kappa shape index (κ3) is 3.92. The van der Waals surface area contributed by atoms with Crippen molar-refractivity contribution < 1.29 is 13.2 Å². The number of amides is 1. The summed E-state index contributed by atoms with van der Waals surface area (Å²) in [5, 5.41) is 2.88. The molecule has 2 rings (SSSR count). The van der Waals surface area contributed by atoms with Crippen molar-refractivity contribution in [3.63, 3.8) is 0 Å². The first kappa shape index (κ1) is 18.4. The molecule has 8 heteroatoms. The number of hydrogen-bond acceptors (Lipinski definition) is 4. The van der Waals surface area contributed by atoms with E-state index >= 15 is 0 Å². The number of halogens is 1. The maximum atomic E-state index is 12.4. The monoisotopic (exact) mass is 367 g/mol. The summed E-state index contributed by atoms with van der Waals surface area (Å²) >= 11 is 5.99. The molecule has 24 heavy (non-hydrogen) atoms. The molecule has 0 saturated carbocycles. The summed E-state index contributed by atoms with van der Waals surface area (Å²) in [5.74, 6) is -0.391. The Morgan fingerprint density at radius 3 is 2.58 bits per heavy atom. The van der Waals surface area contributed by atoms with Gasteiger partial charge in [0.2, 0.25) is 10.0 Å². The highest BCUT2D eigenvalue weighted by Gasteiger charge is 2.23. The fourth-order valence-electron chi connectivity index (χ4n) is 2.03. The van der Waals surface area contributed by atoms with Gasteiger partial charge >= 0.3 is 0 Å². The number of benzene rings is 1. The van der Waals surface area contributed by atoms with Gasteiger partial charge in [0.15, 0.2) is 0 Å². The number of carbonyl (C=O) groups is 1. The minimum absolute atomic E-state index is 0.0700. The van der Waals surface area contributed by atoms with Gasteiger partial charge in [-0.05, 0) is 36.8 Å². The zero-order chi connectivity index (χ0) is 17.9. The molecule has 1 atom stereocenters. The highest BCUT2D eigenvalue weighted by atomic mass is 35.5.